The zero-order valence-corrected chi connectivity index (χ0v) is 15.1. The lowest BCUT2D eigenvalue weighted by molar-refractivity contribution is -0.148. The standard InChI is InChI=1S/C19H20F2N4O3/c1-11(24-16(26)9-12-7-14(20)10-15(21)8-12)18(27)25(23)19(28)17(22)13-5-3-2-4-6-13/h2-8,10-11,17H,9,22-23H2,1H3,(H,24,26)/t11-,17-/m0/s1. The van der Waals surface area contributed by atoms with Crippen LogP contribution in [0.2, 0.25) is 0 Å². The van der Waals surface area contributed by atoms with Gasteiger partial charge in [-0.2, -0.15) is 0 Å². The van der Waals surface area contributed by atoms with Gasteiger partial charge >= 0.3 is 0 Å². The Balaban J connectivity index is 1.97. The van der Waals surface area contributed by atoms with E-state index in [2.05, 4.69) is 5.32 Å². The first-order valence-corrected chi connectivity index (χ1v) is 8.36. The Morgan fingerprint density at radius 2 is 1.61 bits per heavy atom. The molecule has 0 fully saturated rings. The fourth-order valence-corrected chi connectivity index (χ4v) is 2.52. The van der Waals surface area contributed by atoms with E-state index < -0.39 is 41.4 Å². The van der Waals surface area contributed by atoms with Crippen LogP contribution in [0.15, 0.2) is 48.5 Å². The molecule has 0 aliphatic heterocycles. The Hall–Kier alpha value is -3.17. The van der Waals surface area contributed by atoms with Gasteiger partial charge in [-0.1, -0.05) is 30.3 Å². The van der Waals surface area contributed by atoms with Crippen LogP contribution in [0.4, 0.5) is 8.78 Å². The minimum atomic E-state index is -1.15. The van der Waals surface area contributed by atoms with Crippen LogP contribution < -0.4 is 16.9 Å². The number of halogens is 2. The third-order valence-electron chi connectivity index (χ3n) is 3.93. The van der Waals surface area contributed by atoms with Crippen LogP contribution >= 0.6 is 0 Å². The molecule has 28 heavy (non-hydrogen) atoms. The van der Waals surface area contributed by atoms with Crippen LogP contribution in [0.25, 0.3) is 0 Å². The van der Waals surface area contributed by atoms with Crippen LogP contribution in [0.1, 0.15) is 24.1 Å². The largest absolute Gasteiger partial charge is 0.344 e. The molecule has 0 aliphatic carbocycles. The van der Waals surface area contributed by atoms with Crippen molar-refractivity contribution in [2.45, 2.75) is 25.4 Å². The lowest BCUT2D eigenvalue weighted by Crippen LogP contribution is -2.54. The summed E-state index contributed by atoms with van der Waals surface area (Å²) in [7, 11) is 0. The smallest absolute Gasteiger partial charge is 0.265 e. The summed E-state index contributed by atoms with van der Waals surface area (Å²) in [6, 6.07) is 8.74. The van der Waals surface area contributed by atoms with Crippen molar-refractivity contribution in [1.82, 2.24) is 10.3 Å². The van der Waals surface area contributed by atoms with Crippen LogP contribution in [0.5, 0.6) is 0 Å². The van der Waals surface area contributed by atoms with Crippen molar-refractivity contribution in [3.8, 4) is 0 Å². The third-order valence-corrected chi connectivity index (χ3v) is 3.93. The minimum Gasteiger partial charge on any atom is -0.344 e. The number of amides is 3. The maximum absolute atomic E-state index is 13.2. The summed E-state index contributed by atoms with van der Waals surface area (Å²) in [5, 5.41) is 2.69. The molecular weight excluding hydrogens is 370 g/mol. The summed E-state index contributed by atoms with van der Waals surface area (Å²) in [6.07, 6.45) is -0.353. The number of rotatable bonds is 6. The van der Waals surface area contributed by atoms with E-state index in [0.717, 1.165) is 12.1 Å². The molecule has 3 amide bonds. The third kappa shape index (κ3) is 5.41. The van der Waals surface area contributed by atoms with Gasteiger partial charge in [0, 0.05) is 6.07 Å². The molecule has 2 aromatic rings. The first-order chi connectivity index (χ1) is 13.2. The summed E-state index contributed by atoms with van der Waals surface area (Å²) in [5.41, 5.74) is 6.40. The van der Waals surface area contributed by atoms with Gasteiger partial charge < -0.3 is 11.1 Å². The average molecular weight is 390 g/mol. The molecule has 0 spiro atoms. The van der Waals surface area contributed by atoms with E-state index in [-0.39, 0.29) is 12.0 Å². The Morgan fingerprint density at radius 3 is 2.18 bits per heavy atom. The Kier molecular flexibility index (Phi) is 6.91. The Labute approximate surface area is 160 Å². The molecule has 148 valence electrons. The van der Waals surface area contributed by atoms with Gasteiger partial charge in [0.25, 0.3) is 11.8 Å². The molecule has 9 heteroatoms. The maximum atomic E-state index is 13.2. The molecule has 2 atom stereocenters. The highest BCUT2D eigenvalue weighted by atomic mass is 19.1. The van der Waals surface area contributed by atoms with Gasteiger partial charge in [-0.3, -0.25) is 14.4 Å². The number of nitrogens with zero attached hydrogens (tertiary/aromatic N) is 1. The van der Waals surface area contributed by atoms with Gasteiger partial charge in [0.05, 0.1) is 6.42 Å². The van der Waals surface area contributed by atoms with Crippen LogP contribution in [0.3, 0.4) is 0 Å². The van der Waals surface area contributed by atoms with Crippen molar-refractivity contribution in [2.24, 2.45) is 11.6 Å². The van der Waals surface area contributed by atoms with Crippen molar-refractivity contribution in [3.05, 3.63) is 71.3 Å². The highest BCUT2D eigenvalue weighted by molar-refractivity contribution is 6.00. The number of hydrogen-bond acceptors (Lipinski definition) is 5. The Morgan fingerprint density at radius 1 is 1.04 bits per heavy atom. The van der Waals surface area contributed by atoms with Gasteiger partial charge in [0.15, 0.2) is 0 Å². The lowest BCUT2D eigenvalue weighted by Gasteiger charge is -2.23. The zero-order valence-electron chi connectivity index (χ0n) is 15.1. The molecule has 0 aromatic heterocycles. The molecule has 0 heterocycles. The zero-order chi connectivity index (χ0) is 20.8. The van der Waals surface area contributed by atoms with Crippen molar-refractivity contribution in [2.75, 3.05) is 0 Å². The summed E-state index contributed by atoms with van der Waals surface area (Å²) >= 11 is 0. The summed E-state index contributed by atoms with van der Waals surface area (Å²) < 4.78 is 26.4. The summed E-state index contributed by atoms with van der Waals surface area (Å²) in [5.74, 6) is 1.54. The first-order valence-electron chi connectivity index (χ1n) is 8.36. The topological polar surface area (TPSA) is 119 Å². The molecular formula is C19H20F2N4O3. The predicted molar refractivity (Wildman–Crippen MR) is 97.1 cm³/mol. The number of carbonyl (C=O) groups is 3. The summed E-state index contributed by atoms with van der Waals surface area (Å²) in [4.78, 5) is 36.6. The normalized spacial score (nSPS) is 12.8. The SMILES string of the molecule is C[C@H](NC(=O)Cc1cc(F)cc(F)c1)C(=O)N(N)C(=O)[C@@H](N)c1ccccc1. The number of hydrogen-bond donors (Lipinski definition) is 3. The minimum absolute atomic E-state index is 0.0985. The number of nitrogens with one attached hydrogen (secondary N) is 1. The average Bonchev–Trinajstić information content (AvgIpc) is 2.65. The molecule has 0 unspecified atom stereocenters. The second-order valence-corrected chi connectivity index (χ2v) is 6.18. The molecule has 2 rings (SSSR count). The van der Waals surface area contributed by atoms with Crippen LogP contribution in [-0.2, 0) is 20.8 Å². The highest BCUT2D eigenvalue weighted by Gasteiger charge is 2.29. The number of benzene rings is 2. The van der Waals surface area contributed by atoms with E-state index in [0.29, 0.717) is 16.6 Å². The number of nitrogens with two attached hydrogens (primary N) is 2. The number of carbonyl (C=O) groups excluding carboxylic acids is 3. The van der Waals surface area contributed by atoms with E-state index in [1.807, 2.05) is 0 Å². The van der Waals surface area contributed by atoms with E-state index in [4.69, 9.17) is 11.6 Å². The van der Waals surface area contributed by atoms with Crippen molar-refractivity contribution < 1.29 is 23.2 Å². The number of imide groups is 1. The van der Waals surface area contributed by atoms with Crippen molar-refractivity contribution in [3.63, 3.8) is 0 Å². The van der Waals surface area contributed by atoms with Gasteiger partial charge in [0.2, 0.25) is 5.91 Å². The summed E-state index contributed by atoms with van der Waals surface area (Å²) in [6.45, 7) is 1.33. The predicted octanol–water partition coefficient (Wildman–Crippen LogP) is 0.941. The Bertz CT molecular complexity index is 856. The molecule has 0 saturated heterocycles. The molecule has 5 N–H and O–H groups in total. The molecule has 0 saturated carbocycles. The highest BCUT2D eigenvalue weighted by Crippen LogP contribution is 2.12. The quantitative estimate of drug-likeness (QED) is 0.385. The molecule has 7 nitrogen and oxygen atoms in total. The maximum Gasteiger partial charge on any atom is 0.265 e. The van der Waals surface area contributed by atoms with Gasteiger partial charge in [-0.25, -0.2) is 19.6 Å². The molecule has 0 radical (unpaired) electrons. The second-order valence-electron chi connectivity index (χ2n) is 6.18. The van der Waals surface area contributed by atoms with Crippen LogP contribution in [0, 0.1) is 11.6 Å². The van der Waals surface area contributed by atoms with Crippen LogP contribution in [-0.4, -0.2) is 28.8 Å². The van der Waals surface area contributed by atoms with E-state index >= 15 is 0 Å². The van der Waals surface area contributed by atoms with Gasteiger partial charge in [-0.05, 0) is 30.2 Å². The van der Waals surface area contributed by atoms with Crippen molar-refractivity contribution in [1.29, 1.82) is 0 Å². The first kappa shape index (κ1) is 21.1. The van der Waals surface area contributed by atoms with E-state index in [1.165, 1.54) is 6.92 Å². The van der Waals surface area contributed by atoms with Gasteiger partial charge in [0.1, 0.15) is 23.7 Å². The van der Waals surface area contributed by atoms with E-state index in [9.17, 15) is 23.2 Å². The fraction of sp³-hybridized carbons (Fsp3) is 0.211. The second kappa shape index (κ2) is 9.16. The molecule has 0 aliphatic rings. The lowest BCUT2D eigenvalue weighted by atomic mass is 10.1. The molecule has 2 aromatic carbocycles. The van der Waals surface area contributed by atoms with Gasteiger partial charge in [-0.15, -0.1) is 0 Å². The van der Waals surface area contributed by atoms with E-state index in [1.54, 1.807) is 30.3 Å². The fourth-order valence-electron chi connectivity index (χ4n) is 2.52. The number of hydrazine groups is 1. The van der Waals surface area contributed by atoms with Crippen molar-refractivity contribution >= 4 is 17.7 Å². The monoisotopic (exact) mass is 390 g/mol. The molecule has 0 bridgehead atoms.